The molecular formula is C5H11AgN. The first kappa shape index (κ1) is 7.70. The Kier molecular flexibility index (Phi) is 5.33. The van der Waals surface area contributed by atoms with E-state index in [1.165, 1.54) is 32.4 Å². The molecule has 1 nitrogen and oxygen atoms in total. The second kappa shape index (κ2) is 4.85. The van der Waals surface area contributed by atoms with Gasteiger partial charge in [-0.15, -0.1) is 0 Å². The first-order valence-corrected chi connectivity index (χ1v) is 2.71. The van der Waals surface area contributed by atoms with E-state index in [0.29, 0.717) is 0 Å². The van der Waals surface area contributed by atoms with Gasteiger partial charge in [0.1, 0.15) is 0 Å². The molecule has 0 aliphatic carbocycles. The topological polar surface area (TPSA) is 12.0 Å². The van der Waals surface area contributed by atoms with Gasteiger partial charge in [0.2, 0.25) is 0 Å². The molecule has 7 heavy (non-hydrogen) atoms. The fourth-order valence-corrected chi connectivity index (χ4v) is 0.802. The fourth-order valence-electron chi connectivity index (χ4n) is 0.802. The van der Waals surface area contributed by atoms with E-state index in [1.807, 2.05) is 0 Å². The smallest absolute Gasteiger partial charge is 0 e. The molecule has 0 unspecified atom stereocenters. The third-order valence-corrected chi connectivity index (χ3v) is 1.21. The van der Waals surface area contributed by atoms with Crippen molar-refractivity contribution >= 4 is 0 Å². The molecule has 1 N–H and O–H groups in total. The van der Waals surface area contributed by atoms with Gasteiger partial charge in [-0.25, -0.2) is 0 Å². The molecule has 1 aliphatic heterocycles. The summed E-state index contributed by atoms with van der Waals surface area (Å²) in [6.45, 7) is 2.50. The molecule has 0 amide bonds. The van der Waals surface area contributed by atoms with E-state index in [0.717, 1.165) is 0 Å². The van der Waals surface area contributed by atoms with Gasteiger partial charge >= 0.3 is 0 Å². The maximum absolute atomic E-state index is 3.28. The largest absolute Gasteiger partial charge is 0.317 e. The summed E-state index contributed by atoms with van der Waals surface area (Å²) in [5.41, 5.74) is 0. The van der Waals surface area contributed by atoms with Gasteiger partial charge in [0.25, 0.3) is 0 Å². The molecule has 1 fully saturated rings. The molecule has 0 spiro atoms. The Balaban J connectivity index is 0.000000360. The van der Waals surface area contributed by atoms with Crippen LogP contribution in [0.5, 0.6) is 0 Å². The summed E-state index contributed by atoms with van der Waals surface area (Å²) in [5.74, 6) is 0. The third kappa shape index (κ3) is 3.30. The summed E-state index contributed by atoms with van der Waals surface area (Å²) in [7, 11) is 0. The molecule has 1 aliphatic rings. The molecule has 2 heteroatoms. The number of nitrogens with one attached hydrogen (secondary N) is 1. The maximum Gasteiger partial charge on any atom is 0 e. The Labute approximate surface area is 60.4 Å². The van der Waals surface area contributed by atoms with Crippen molar-refractivity contribution in [3.8, 4) is 0 Å². The second-order valence-electron chi connectivity index (χ2n) is 1.81. The average molecular weight is 193 g/mol. The second-order valence-corrected chi connectivity index (χ2v) is 1.81. The summed E-state index contributed by atoms with van der Waals surface area (Å²) >= 11 is 0. The van der Waals surface area contributed by atoms with Crippen LogP contribution in [0.25, 0.3) is 0 Å². The van der Waals surface area contributed by atoms with E-state index >= 15 is 0 Å². The molecular weight excluding hydrogens is 182 g/mol. The van der Waals surface area contributed by atoms with E-state index in [-0.39, 0.29) is 22.4 Å². The fraction of sp³-hybridized carbons (Fsp3) is 1.00. The molecule has 0 bridgehead atoms. The quantitative estimate of drug-likeness (QED) is 0.560. The van der Waals surface area contributed by atoms with Crippen LogP contribution in [0.3, 0.4) is 0 Å². The van der Waals surface area contributed by atoms with Crippen LogP contribution in [0.4, 0.5) is 0 Å². The Hall–Kier alpha value is 0.700. The first-order chi connectivity index (χ1) is 3.00. The SMILES string of the molecule is C1CCNCC1.[Ag]. The third-order valence-electron chi connectivity index (χ3n) is 1.21. The normalized spacial score (nSPS) is 20.6. The molecule has 47 valence electrons. The minimum Gasteiger partial charge on any atom is -0.317 e. The minimum absolute atomic E-state index is 0. The summed E-state index contributed by atoms with van der Waals surface area (Å²) in [6.07, 6.45) is 4.22. The summed E-state index contributed by atoms with van der Waals surface area (Å²) in [5, 5.41) is 3.28. The molecule has 0 aromatic heterocycles. The zero-order valence-electron chi connectivity index (χ0n) is 4.34. The van der Waals surface area contributed by atoms with Crippen LogP contribution in [0, 0.1) is 0 Å². The van der Waals surface area contributed by atoms with Gasteiger partial charge in [0.15, 0.2) is 0 Å². The van der Waals surface area contributed by atoms with E-state index in [2.05, 4.69) is 5.32 Å². The molecule has 1 rings (SSSR count). The van der Waals surface area contributed by atoms with Gasteiger partial charge < -0.3 is 5.32 Å². The maximum atomic E-state index is 3.28. The van der Waals surface area contributed by atoms with Crippen LogP contribution in [-0.2, 0) is 22.4 Å². The van der Waals surface area contributed by atoms with Gasteiger partial charge in [-0.3, -0.25) is 0 Å². The molecule has 0 aromatic carbocycles. The van der Waals surface area contributed by atoms with Crippen molar-refractivity contribution in [1.29, 1.82) is 0 Å². The molecule has 0 aromatic rings. The van der Waals surface area contributed by atoms with Crippen LogP contribution in [0.15, 0.2) is 0 Å². The predicted molar refractivity (Wildman–Crippen MR) is 26.7 cm³/mol. The van der Waals surface area contributed by atoms with Gasteiger partial charge in [-0.2, -0.15) is 0 Å². The Morgan fingerprint density at radius 3 is 1.57 bits per heavy atom. The van der Waals surface area contributed by atoms with Crippen LogP contribution >= 0.6 is 0 Å². The zero-order valence-corrected chi connectivity index (χ0v) is 5.82. The van der Waals surface area contributed by atoms with Crippen molar-refractivity contribution < 1.29 is 22.4 Å². The Morgan fingerprint density at radius 1 is 0.857 bits per heavy atom. The predicted octanol–water partition coefficient (Wildman–Crippen LogP) is 0.757. The zero-order chi connectivity index (χ0) is 4.24. The number of hydrogen-bond acceptors (Lipinski definition) is 1. The summed E-state index contributed by atoms with van der Waals surface area (Å²) < 4.78 is 0. The number of hydrogen-bond donors (Lipinski definition) is 1. The molecule has 0 saturated carbocycles. The number of piperidine rings is 1. The van der Waals surface area contributed by atoms with Crippen LogP contribution in [0.2, 0.25) is 0 Å². The van der Waals surface area contributed by atoms with Crippen LogP contribution < -0.4 is 5.32 Å². The Bertz CT molecular complexity index is 23.6. The van der Waals surface area contributed by atoms with Gasteiger partial charge in [0, 0.05) is 22.4 Å². The van der Waals surface area contributed by atoms with Crippen LogP contribution in [-0.4, -0.2) is 13.1 Å². The van der Waals surface area contributed by atoms with Crippen LogP contribution in [0.1, 0.15) is 19.3 Å². The summed E-state index contributed by atoms with van der Waals surface area (Å²) in [4.78, 5) is 0. The van der Waals surface area contributed by atoms with Gasteiger partial charge in [-0.05, 0) is 25.9 Å². The van der Waals surface area contributed by atoms with Crippen molar-refractivity contribution in [2.45, 2.75) is 19.3 Å². The summed E-state index contributed by atoms with van der Waals surface area (Å²) in [6, 6.07) is 0. The minimum atomic E-state index is 0. The first-order valence-electron chi connectivity index (χ1n) is 2.71. The van der Waals surface area contributed by atoms with Crippen molar-refractivity contribution in [3.63, 3.8) is 0 Å². The van der Waals surface area contributed by atoms with E-state index in [9.17, 15) is 0 Å². The van der Waals surface area contributed by atoms with Gasteiger partial charge in [0.05, 0.1) is 0 Å². The van der Waals surface area contributed by atoms with Crippen molar-refractivity contribution in [2.75, 3.05) is 13.1 Å². The molecule has 1 radical (unpaired) electrons. The van der Waals surface area contributed by atoms with Crippen molar-refractivity contribution in [2.24, 2.45) is 0 Å². The van der Waals surface area contributed by atoms with E-state index in [4.69, 9.17) is 0 Å². The van der Waals surface area contributed by atoms with E-state index in [1.54, 1.807) is 0 Å². The average Bonchev–Trinajstić information content (AvgIpc) is 1.72. The standard InChI is InChI=1S/C5H11N.Ag/c1-2-4-6-5-3-1;/h6H,1-5H2;. The van der Waals surface area contributed by atoms with E-state index < -0.39 is 0 Å². The van der Waals surface area contributed by atoms with Crippen molar-refractivity contribution in [3.05, 3.63) is 0 Å². The number of rotatable bonds is 0. The Morgan fingerprint density at radius 2 is 1.43 bits per heavy atom. The monoisotopic (exact) mass is 192 g/mol. The van der Waals surface area contributed by atoms with Gasteiger partial charge in [-0.1, -0.05) is 6.42 Å². The molecule has 1 heterocycles. The van der Waals surface area contributed by atoms with Crippen molar-refractivity contribution in [1.82, 2.24) is 5.32 Å². The molecule has 0 atom stereocenters. The molecule has 1 saturated heterocycles.